The smallest absolute Gasteiger partial charge is 0.309 e. The van der Waals surface area contributed by atoms with Crippen molar-refractivity contribution in [3.63, 3.8) is 0 Å². The topological polar surface area (TPSA) is 71.1 Å². The molecule has 2 aromatic rings. The lowest BCUT2D eigenvalue weighted by molar-refractivity contribution is -0.163. The Morgan fingerprint density at radius 2 is 1.75 bits per heavy atom. The number of hydrogen-bond donors (Lipinski definition) is 0. The quantitative estimate of drug-likeness (QED) is 0.496. The highest BCUT2D eigenvalue weighted by Crippen LogP contribution is 2.45. The second kappa shape index (κ2) is 9.63. The van der Waals surface area contributed by atoms with Gasteiger partial charge in [0.25, 0.3) is 0 Å². The van der Waals surface area contributed by atoms with Gasteiger partial charge in [0.2, 0.25) is 5.75 Å². The zero-order valence-electron chi connectivity index (χ0n) is 19.7. The van der Waals surface area contributed by atoms with Crippen LogP contribution in [0.3, 0.4) is 0 Å². The van der Waals surface area contributed by atoms with Gasteiger partial charge in [-0.2, -0.15) is 0 Å². The fraction of sp³-hybridized carbons (Fsp3) is 0.462. The Kier molecular flexibility index (Phi) is 7.12. The Morgan fingerprint density at radius 1 is 1.03 bits per heavy atom. The van der Waals surface area contributed by atoms with Crippen LogP contribution >= 0.6 is 0 Å². The average Bonchev–Trinajstić information content (AvgIpc) is 3.15. The van der Waals surface area contributed by atoms with Gasteiger partial charge in [0.1, 0.15) is 12.2 Å². The average molecular weight is 441 g/mol. The van der Waals surface area contributed by atoms with Crippen molar-refractivity contribution >= 4 is 11.8 Å². The highest BCUT2D eigenvalue weighted by atomic mass is 16.6. The molecule has 6 heteroatoms. The Hall–Kier alpha value is -3.02. The van der Waals surface area contributed by atoms with Gasteiger partial charge in [-0.15, -0.1) is 0 Å². The van der Waals surface area contributed by atoms with Crippen molar-refractivity contribution in [2.24, 2.45) is 5.92 Å². The van der Waals surface area contributed by atoms with E-state index in [2.05, 4.69) is 0 Å². The van der Waals surface area contributed by atoms with E-state index >= 15 is 0 Å². The van der Waals surface area contributed by atoms with Gasteiger partial charge in [-0.1, -0.05) is 32.0 Å². The molecule has 1 aliphatic carbocycles. The minimum atomic E-state index is -0.837. The molecule has 0 spiro atoms. The third-order valence-electron chi connectivity index (χ3n) is 5.79. The molecule has 0 radical (unpaired) electrons. The predicted molar refractivity (Wildman–Crippen MR) is 123 cm³/mol. The first kappa shape index (κ1) is 23.6. The number of carbonyl (C=O) groups is 2. The summed E-state index contributed by atoms with van der Waals surface area (Å²) in [6.45, 7) is 7.57. The summed E-state index contributed by atoms with van der Waals surface area (Å²) >= 11 is 0. The number of methoxy groups -OCH3 is 2. The Morgan fingerprint density at radius 3 is 2.41 bits per heavy atom. The molecule has 0 N–H and O–H groups in total. The van der Waals surface area contributed by atoms with E-state index in [1.54, 1.807) is 14.2 Å². The first-order chi connectivity index (χ1) is 15.2. The summed E-state index contributed by atoms with van der Waals surface area (Å²) in [4.78, 5) is 24.3. The molecule has 172 valence electrons. The Balaban J connectivity index is 1.95. The predicted octanol–water partition coefficient (Wildman–Crippen LogP) is 5.25. The monoisotopic (exact) mass is 440 g/mol. The number of esters is 1. The SMILES string of the molecule is CCC(C)C(=O)OC(C)(C)COc1c(-c2ccc3c(c2)CCC3=O)ccc(OC)c1OC. The summed E-state index contributed by atoms with van der Waals surface area (Å²) in [5.74, 6) is 1.26. The van der Waals surface area contributed by atoms with Gasteiger partial charge < -0.3 is 18.9 Å². The van der Waals surface area contributed by atoms with Gasteiger partial charge in [-0.25, -0.2) is 0 Å². The first-order valence-corrected chi connectivity index (χ1v) is 11.0. The number of ketones is 1. The molecule has 3 rings (SSSR count). The Bertz CT molecular complexity index is 1010. The van der Waals surface area contributed by atoms with Crippen molar-refractivity contribution in [1.82, 2.24) is 0 Å². The van der Waals surface area contributed by atoms with E-state index in [0.29, 0.717) is 30.1 Å². The van der Waals surface area contributed by atoms with Crippen molar-refractivity contribution in [3.05, 3.63) is 41.5 Å². The molecular weight excluding hydrogens is 408 g/mol. The maximum absolute atomic E-state index is 12.3. The molecule has 0 saturated carbocycles. The van der Waals surface area contributed by atoms with Crippen molar-refractivity contribution in [1.29, 1.82) is 0 Å². The summed E-state index contributed by atoms with van der Waals surface area (Å²) in [5, 5.41) is 0. The normalized spacial score (nSPS) is 14.0. The number of ether oxygens (including phenoxy) is 4. The number of aryl methyl sites for hydroxylation is 1. The molecule has 0 heterocycles. The van der Waals surface area contributed by atoms with E-state index < -0.39 is 5.60 Å². The molecule has 0 aromatic heterocycles. The van der Waals surface area contributed by atoms with Crippen LogP contribution in [0, 0.1) is 5.92 Å². The number of hydrogen-bond acceptors (Lipinski definition) is 6. The lowest BCUT2D eigenvalue weighted by Crippen LogP contribution is -2.36. The molecule has 0 amide bonds. The van der Waals surface area contributed by atoms with Crippen LogP contribution in [-0.2, 0) is 16.0 Å². The molecule has 6 nitrogen and oxygen atoms in total. The van der Waals surface area contributed by atoms with Crippen LogP contribution in [0.1, 0.15) is 56.5 Å². The van der Waals surface area contributed by atoms with E-state index in [4.69, 9.17) is 18.9 Å². The number of carbonyl (C=O) groups excluding carboxylic acids is 2. The van der Waals surface area contributed by atoms with Gasteiger partial charge in [-0.05, 0) is 49.9 Å². The van der Waals surface area contributed by atoms with E-state index in [1.165, 1.54) is 0 Å². The number of Topliss-reactive ketones (excluding diaryl/α,β-unsaturated/α-hetero) is 1. The van der Waals surface area contributed by atoms with Gasteiger partial charge in [-0.3, -0.25) is 9.59 Å². The van der Waals surface area contributed by atoms with Crippen LogP contribution in [0.25, 0.3) is 11.1 Å². The molecule has 1 atom stereocenters. The van der Waals surface area contributed by atoms with E-state index in [9.17, 15) is 9.59 Å². The van der Waals surface area contributed by atoms with Crippen molar-refractivity contribution < 1.29 is 28.5 Å². The molecule has 0 fully saturated rings. The zero-order valence-corrected chi connectivity index (χ0v) is 19.7. The molecule has 1 aliphatic rings. The van der Waals surface area contributed by atoms with Crippen LogP contribution in [0.5, 0.6) is 17.2 Å². The fourth-order valence-electron chi connectivity index (χ4n) is 3.71. The standard InChI is InChI=1S/C26H32O6/c1-7-16(2)25(28)32-26(3,4)15-31-23-20(11-13-22(29-5)24(23)30-6)18-8-10-19-17(14-18)9-12-21(19)27/h8,10-11,13-14,16H,7,9,12,15H2,1-6H3. The molecule has 0 saturated heterocycles. The van der Waals surface area contributed by atoms with Gasteiger partial charge in [0, 0.05) is 17.5 Å². The number of fused-ring (bicyclic) bond motifs is 1. The molecule has 2 aromatic carbocycles. The first-order valence-electron chi connectivity index (χ1n) is 11.0. The van der Waals surface area contributed by atoms with Gasteiger partial charge in [0.05, 0.1) is 20.1 Å². The van der Waals surface area contributed by atoms with Crippen LogP contribution in [-0.4, -0.2) is 38.2 Å². The molecule has 0 aliphatic heterocycles. The third-order valence-corrected chi connectivity index (χ3v) is 5.79. The minimum Gasteiger partial charge on any atom is -0.493 e. The highest BCUT2D eigenvalue weighted by molar-refractivity contribution is 6.01. The summed E-state index contributed by atoms with van der Waals surface area (Å²) in [5.41, 5.74) is 2.72. The van der Waals surface area contributed by atoms with Crippen LogP contribution in [0.2, 0.25) is 0 Å². The van der Waals surface area contributed by atoms with E-state index in [1.807, 2.05) is 58.0 Å². The van der Waals surface area contributed by atoms with E-state index in [-0.39, 0.29) is 24.3 Å². The van der Waals surface area contributed by atoms with Crippen molar-refractivity contribution in [3.8, 4) is 28.4 Å². The van der Waals surface area contributed by atoms with E-state index in [0.717, 1.165) is 28.7 Å². The molecule has 1 unspecified atom stereocenters. The zero-order chi connectivity index (χ0) is 23.5. The highest BCUT2D eigenvalue weighted by Gasteiger charge is 2.29. The minimum absolute atomic E-state index is 0.134. The molecule has 32 heavy (non-hydrogen) atoms. The molecule has 0 bridgehead atoms. The second-order valence-corrected chi connectivity index (χ2v) is 8.75. The van der Waals surface area contributed by atoms with Crippen LogP contribution in [0.15, 0.2) is 30.3 Å². The van der Waals surface area contributed by atoms with Crippen LogP contribution < -0.4 is 14.2 Å². The number of benzene rings is 2. The Labute approximate surface area is 189 Å². The summed E-state index contributed by atoms with van der Waals surface area (Å²) in [6, 6.07) is 9.56. The fourth-order valence-corrected chi connectivity index (χ4v) is 3.71. The van der Waals surface area contributed by atoms with Crippen molar-refractivity contribution in [2.75, 3.05) is 20.8 Å². The lowest BCUT2D eigenvalue weighted by atomic mass is 9.99. The molecular formula is C26H32O6. The van der Waals surface area contributed by atoms with Crippen LogP contribution in [0.4, 0.5) is 0 Å². The second-order valence-electron chi connectivity index (χ2n) is 8.75. The summed E-state index contributed by atoms with van der Waals surface area (Å²) in [7, 11) is 3.13. The largest absolute Gasteiger partial charge is 0.493 e. The number of rotatable bonds is 9. The summed E-state index contributed by atoms with van der Waals surface area (Å²) in [6.07, 6.45) is 2.00. The summed E-state index contributed by atoms with van der Waals surface area (Å²) < 4.78 is 23.0. The lowest BCUT2D eigenvalue weighted by Gasteiger charge is -2.28. The van der Waals surface area contributed by atoms with Gasteiger partial charge >= 0.3 is 5.97 Å². The van der Waals surface area contributed by atoms with Gasteiger partial charge in [0.15, 0.2) is 17.3 Å². The van der Waals surface area contributed by atoms with Crippen molar-refractivity contribution in [2.45, 2.75) is 52.6 Å². The third kappa shape index (κ3) is 4.90. The maximum atomic E-state index is 12.3. The maximum Gasteiger partial charge on any atom is 0.309 e.